The predicted molar refractivity (Wildman–Crippen MR) is 88.5 cm³/mol. The average Bonchev–Trinajstić information content (AvgIpc) is 2.96. The Hall–Kier alpha value is -0.410. The first-order valence-electron chi connectivity index (χ1n) is 8.08. The molecule has 1 aromatic rings. The van der Waals surface area contributed by atoms with Gasteiger partial charge in [0.05, 0.1) is 10.7 Å². The Morgan fingerprint density at radius 2 is 2.15 bits per heavy atom. The lowest BCUT2D eigenvalue weighted by atomic mass is 9.93. The molecule has 0 aliphatic heterocycles. The normalized spacial score (nSPS) is 25.1. The number of hydrogen-bond acceptors (Lipinski definition) is 3. The van der Waals surface area contributed by atoms with Gasteiger partial charge in [-0.15, -0.1) is 11.3 Å². The van der Waals surface area contributed by atoms with E-state index < -0.39 is 0 Å². The molecule has 1 saturated carbocycles. The van der Waals surface area contributed by atoms with Crippen LogP contribution >= 0.6 is 11.3 Å². The first-order valence-corrected chi connectivity index (χ1v) is 8.96. The Morgan fingerprint density at radius 3 is 2.65 bits per heavy atom. The molecule has 3 atom stereocenters. The molecule has 2 rings (SSSR count). The van der Waals surface area contributed by atoms with E-state index in [9.17, 15) is 0 Å². The fraction of sp³-hybridized carbons (Fsp3) is 0.824. The second-order valence-electron chi connectivity index (χ2n) is 7.42. The van der Waals surface area contributed by atoms with Crippen molar-refractivity contribution in [2.75, 3.05) is 6.54 Å². The largest absolute Gasteiger partial charge is 0.314 e. The van der Waals surface area contributed by atoms with E-state index >= 15 is 0 Å². The lowest BCUT2D eigenvalue weighted by Crippen LogP contribution is -2.37. The molecule has 20 heavy (non-hydrogen) atoms. The molecule has 1 aliphatic rings. The maximum atomic E-state index is 4.87. The number of hydrogen-bond donors (Lipinski definition) is 1. The lowest BCUT2D eigenvalue weighted by molar-refractivity contribution is 0.353. The smallest absolute Gasteiger partial charge is 0.0944 e. The van der Waals surface area contributed by atoms with Crippen LogP contribution in [0.5, 0.6) is 0 Å². The first-order chi connectivity index (χ1) is 9.40. The second-order valence-corrected chi connectivity index (χ2v) is 8.37. The Morgan fingerprint density at radius 1 is 1.40 bits per heavy atom. The van der Waals surface area contributed by atoms with Crippen LogP contribution in [0.15, 0.2) is 5.38 Å². The van der Waals surface area contributed by atoms with Crippen LogP contribution < -0.4 is 5.32 Å². The zero-order valence-corrected chi connectivity index (χ0v) is 14.5. The molecule has 1 aliphatic carbocycles. The van der Waals surface area contributed by atoms with Crippen LogP contribution in [0.25, 0.3) is 0 Å². The molecule has 0 spiro atoms. The molecule has 1 fully saturated rings. The number of aromatic nitrogens is 1. The van der Waals surface area contributed by atoms with Crippen LogP contribution in [0.3, 0.4) is 0 Å². The van der Waals surface area contributed by atoms with Crippen LogP contribution in [0.2, 0.25) is 0 Å². The summed E-state index contributed by atoms with van der Waals surface area (Å²) in [6.07, 6.45) is 5.27. The quantitative estimate of drug-likeness (QED) is 0.871. The van der Waals surface area contributed by atoms with Crippen LogP contribution in [-0.2, 0) is 11.8 Å². The average molecular weight is 295 g/mol. The van der Waals surface area contributed by atoms with Crippen molar-refractivity contribution in [2.45, 2.75) is 71.8 Å². The Kier molecular flexibility index (Phi) is 5.25. The molecule has 3 heteroatoms. The Balaban J connectivity index is 2.02. The third kappa shape index (κ3) is 4.05. The van der Waals surface area contributed by atoms with Crippen LogP contribution in [0, 0.1) is 11.8 Å². The summed E-state index contributed by atoms with van der Waals surface area (Å²) in [5.74, 6) is 1.74. The first kappa shape index (κ1) is 16.0. The summed E-state index contributed by atoms with van der Waals surface area (Å²) < 4.78 is 0. The molecule has 1 heterocycles. The van der Waals surface area contributed by atoms with Gasteiger partial charge in [-0.05, 0) is 31.2 Å². The number of nitrogens with one attached hydrogen (secondary N) is 1. The molecule has 0 amide bonds. The molecule has 1 N–H and O–H groups in total. The number of nitrogens with zero attached hydrogens (tertiary/aromatic N) is 1. The van der Waals surface area contributed by atoms with Gasteiger partial charge in [-0.25, -0.2) is 4.98 Å². The summed E-state index contributed by atoms with van der Waals surface area (Å²) in [6.45, 7) is 12.4. The minimum Gasteiger partial charge on any atom is -0.314 e. The third-order valence-electron chi connectivity index (χ3n) is 4.49. The van der Waals surface area contributed by atoms with Crippen LogP contribution in [-0.4, -0.2) is 17.6 Å². The maximum Gasteiger partial charge on any atom is 0.0944 e. The molecule has 114 valence electrons. The van der Waals surface area contributed by atoms with Crippen molar-refractivity contribution >= 4 is 11.3 Å². The Bertz CT molecular complexity index is 419. The van der Waals surface area contributed by atoms with Gasteiger partial charge in [0.2, 0.25) is 0 Å². The zero-order valence-electron chi connectivity index (χ0n) is 13.7. The fourth-order valence-electron chi connectivity index (χ4n) is 3.22. The molecule has 0 radical (unpaired) electrons. The van der Waals surface area contributed by atoms with Crippen molar-refractivity contribution in [1.29, 1.82) is 0 Å². The molecule has 0 bridgehead atoms. The van der Waals surface area contributed by atoms with Crippen molar-refractivity contribution in [3.8, 4) is 0 Å². The van der Waals surface area contributed by atoms with E-state index in [2.05, 4.69) is 45.3 Å². The lowest BCUT2D eigenvalue weighted by Gasteiger charge is -2.23. The van der Waals surface area contributed by atoms with Crippen molar-refractivity contribution in [3.63, 3.8) is 0 Å². The van der Waals surface area contributed by atoms with Gasteiger partial charge in [0.1, 0.15) is 0 Å². The van der Waals surface area contributed by atoms with E-state index in [4.69, 9.17) is 4.98 Å². The van der Waals surface area contributed by atoms with Crippen LogP contribution in [0.1, 0.15) is 64.6 Å². The van der Waals surface area contributed by atoms with Gasteiger partial charge in [0.15, 0.2) is 0 Å². The summed E-state index contributed by atoms with van der Waals surface area (Å²) in [4.78, 5) is 4.87. The van der Waals surface area contributed by atoms with Gasteiger partial charge in [-0.1, -0.05) is 41.0 Å². The van der Waals surface area contributed by atoms with E-state index in [1.165, 1.54) is 30.0 Å². The Labute approximate surface area is 128 Å². The maximum absolute atomic E-state index is 4.87. The predicted octanol–water partition coefficient (Wildman–Crippen LogP) is 4.40. The van der Waals surface area contributed by atoms with E-state index in [-0.39, 0.29) is 5.41 Å². The fourth-order valence-corrected chi connectivity index (χ4v) is 4.30. The standard InChI is InChI=1S/C17H30N2S/c1-6-18-14(13-8-7-12(2)9-13)10-16-19-15(11-20-16)17(3,4)5/h11-14,18H,6-10H2,1-5H3. The van der Waals surface area contributed by atoms with Gasteiger partial charge in [0.25, 0.3) is 0 Å². The van der Waals surface area contributed by atoms with Gasteiger partial charge >= 0.3 is 0 Å². The summed E-state index contributed by atoms with van der Waals surface area (Å²) in [5, 5.41) is 7.26. The minimum absolute atomic E-state index is 0.171. The number of rotatable bonds is 5. The molecule has 3 unspecified atom stereocenters. The molecular weight excluding hydrogens is 264 g/mol. The number of likely N-dealkylation sites (N-methyl/N-ethyl adjacent to an activating group) is 1. The third-order valence-corrected chi connectivity index (χ3v) is 5.36. The molecular formula is C17H30N2S. The van der Waals surface area contributed by atoms with E-state index in [1.807, 2.05) is 11.3 Å². The molecule has 2 nitrogen and oxygen atoms in total. The SMILES string of the molecule is CCNC(Cc1nc(C(C)(C)C)cs1)C1CCC(C)C1. The van der Waals surface area contributed by atoms with Gasteiger partial charge in [-0.3, -0.25) is 0 Å². The van der Waals surface area contributed by atoms with E-state index in [0.717, 1.165) is 24.8 Å². The highest BCUT2D eigenvalue weighted by atomic mass is 32.1. The van der Waals surface area contributed by atoms with Crippen molar-refractivity contribution in [1.82, 2.24) is 10.3 Å². The van der Waals surface area contributed by atoms with E-state index in [1.54, 1.807) is 0 Å². The summed E-state index contributed by atoms with van der Waals surface area (Å²) in [7, 11) is 0. The van der Waals surface area contributed by atoms with Crippen LogP contribution in [0.4, 0.5) is 0 Å². The summed E-state index contributed by atoms with van der Waals surface area (Å²) in [5.41, 5.74) is 1.41. The van der Waals surface area contributed by atoms with Crippen molar-refractivity contribution in [2.24, 2.45) is 11.8 Å². The molecule has 0 aromatic carbocycles. The van der Waals surface area contributed by atoms with Gasteiger partial charge in [-0.2, -0.15) is 0 Å². The van der Waals surface area contributed by atoms with Gasteiger partial charge in [0, 0.05) is 23.3 Å². The highest BCUT2D eigenvalue weighted by Gasteiger charge is 2.29. The highest BCUT2D eigenvalue weighted by Crippen LogP contribution is 2.34. The molecule has 0 saturated heterocycles. The minimum atomic E-state index is 0.171. The van der Waals surface area contributed by atoms with Crippen molar-refractivity contribution < 1.29 is 0 Å². The number of thiazole rings is 1. The van der Waals surface area contributed by atoms with Crippen molar-refractivity contribution in [3.05, 3.63) is 16.1 Å². The summed E-state index contributed by atoms with van der Waals surface area (Å²) in [6, 6.07) is 0.615. The second kappa shape index (κ2) is 6.57. The van der Waals surface area contributed by atoms with E-state index in [0.29, 0.717) is 6.04 Å². The monoisotopic (exact) mass is 294 g/mol. The topological polar surface area (TPSA) is 24.9 Å². The zero-order chi connectivity index (χ0) is 14.8. The van der Waals surface area contributed by atoms with Gasteiger partial charge < -0.3 is 5.32 Å². The molecule has 1 aromatic heterocycles. The highest BCUT2D eigenvalue weighted by molar-refractivity contribution is 7.09. The summed E-state index contributed by atoms with van der Waals surface area (Å²) >= 11 is 1.84.